The van der Waals surface area contributed by atoms with E-state index in [1.54, 1.807) is 0 Å². The van der Waals surface area contributed by atoms with Crippen LogP contribution in [-0.4, -0.2) is 41.6 Å². The summed E-state index contributed by atoms with van der Waals surface area (Å²) in [6.07, 6.45) is 6.54. The van der Waals surface area contributed by atoms with Crippen molar-refractivity contribution in [3.05, 3.63) is 0 Å². The van der Waals surface area contributed by atoms with Crippen LogP contribution in [0.5, 0.6) is 0 Å². The average Bonchev–Trinajstić information content (AvgIpc) is 2.52. The van der Waals surface area contributed by atoms with Gasteiger partial charge in [-0.25, -0.2) is 0 Å². The van der Waals surface area contributed by atoms with Crippen molar-refractivity contribution in [2.24, 2.45) is 0 Å². The third kappa shape index (κ3) is 4.16. The second-order valence-electron chi connectivity index (χ2n) is 4.57. The van der Waals surface area contributed by atoms with Crippen molar-refractivity contribution < 1.29 is 5.11 Å². The average molecular weight is 220 g/mol. The molecule has 0 heterocycles. The number of unbranched alkanes of at least 4 members (excludes halogenated alkanes) is 1. The first kappa shape index (κ1) is 12.3. The Kier molecular flexibility index (Phi) is 5.21. The highest BCUT2D eigenvalue weighted by Crippen LogP contribution is 2.29. The Hall–Kier alpha value is 0.210. The molecule has 0 aliphatic heterocycles. The Morgan fingerprint density at radius 3 is 2.50 bits per heavy atom. The molecule has 0 saturated heterocycles. The predicted molar refractivity (Wildman–Crippen MR) is 60.9 cm³/mol. The number of likely N-dealkylation sites (N-methyl/N-ethyl adjacent to an activating group) is 1. The van der Waals surface area contributed by atoms with Crippen LogP contribution in [0, 0.1) is 0 Å². The maximum atomic E-state index is 10.2. The zero-order valence-electron chi connectivity index (χ0n) is 9.14. The first-order chi connectivity index (χ1) is 6.66. The van der Waals surface area contributed by atoms with Gasteiger partial charge in [-0.3, -0.25) is 0 Å². The molecule has 0 aromatic rings. The van der Waals surface area contributed by atoms with Gasteiger partial charge in [0.15, 0.2) is 0 Å². The summed E-state index contributed by atoms with van der Waals surface area (Å²) in [5.41, 5.74) is -0.393. The van der Waals surface area contributed by atoms with Crippen LogP contribution in [0.4, 0.5) is 0 Å². The van der Waals surface area contributed by atoms with Gasteiger partial charge in [0.25, 0.3) is 0 Å². The van der Waals surface area contributed by atoms with E-state index in [1.165, 1.54) is 12.8 Å². The molecule has 0 spiro atoms. The standard InChI is InChI=1S/C11H22ClNO/c1-13(9-5-4-8-12)10-11(14)6-2-3-7-11/h14H,2-10H2,1H3. The molecule has 1 fully saturated rings. The van der Waals surface area contributed by atoms with E-state index >= 15 is 0 Å². The van der Waals surface area contributed by atoms with Gasteiger partial charge in [0.05, 0.1) is 5.60 Å². The van der Waals surface area contributed by atoms with E-state index in [0.29, 0.717) is 0 Å². The Morgan fingerprint density at radius 1 is 1.29 bits per heavy atom. The Balaban J connectivity index is 2.15. The second-order valence-corrected chi connectivity index (χ2v) is 4.94. The van der Waals surface area contributed by atoms with Gasteiger partial charge in [0, 0.05) is 12.4 Å². The number of alkyl halides is 1. The number of nitrogens with zero attached hydrogens (tertiary/aromatic N) is 1. The van der Waals surface area contributed by atoms with Crippen molar-refractivity contribution >= 4 is 11.6 Å². The highest BCUT2D eigenvalue weighted by Gasteiger charge is 2.31. The molecule has 84 valence electrons. The van der Waals surface area contributed by atoms with Crippen LogP contribution in [0.1, 0.15) is 38.5 Å². The molecule has 0 radical (unpaired) electrons. The molecule has 1 rings (SSSR count). The highest BCUT2D eigenvalue weighted by atomic mass is 35.5. The van der Waals surface area contributed by atoms with Crippen molar-refractivity contribution in [2.45, 2.75) is 44.1 Å². The number of aliphatic hydroxyl groups is 1. The van der Waals surface area contributed by atoms with Gasteiger partial charge in [-0.05, 0) is 39.3 Å². The number of halogens is 1. The van der Waals surface area contributed by atoms with Crippen LogP contribution in [0.3, 0.4) is 0 Å². The van der Waals surface area contributed by atoms with Gasteiger partial charge < -0.3 is 10.0 Å². The molecule has 14 heavy (non-hydrogen) atoms. The van der Waals surface area contributed by atoms with E-state index in [2.05, 4.69) is 11.9 Å². The summed E-state index contributed by atoms with van der Waals surface area (Å²) in [5.74, 6) is 0.748. The largest absolute Gasteiger partial charge is 0.389 e. The second kappa shape index (κ2) is 5.94. The van der Waals surface area contributed by atoms with Crippen LogP contribution in [0.25, 0.3) is 0 Å². The number of rotatable bonds is 6. The third-order valence-electron chi connectivity index (χ3n) is 3.02. The normalized spacial score (nSPS) is 20.6. The summed E-state index contributed by atoms with van der Waals surface area (Å²) >= 11 is 5.61. The summed E-state index contributed by atoms with van der Waals surface area (Å²) in [7, 11) is 2.09. The molecular weight excluding hydrogens is 198 g/mol. The van der Waals surface area contributed by atoms with Crippen molar-refractivity contribution in [2.75, 3.05) is 26.0 Å². The van der Waals surface area contributed by atoms with Crippen molar-refractivity contribution in [1.29, 1.82) is 0 Å². The third-order valence-corrected chi connectivity index (χ3v) is 3.29. The van der Waals surface area contributed by atoms with Crippen LogP contribution < -0.4 is 0 Å². The Morgan fingerprint density at radius 2 is 1.93 bits per heavy atom. The molecule has 0 atom stereocenters. The molecule has 0 amide bonds. The number of hydrogen-bond acceptors (Lipinski definition) is 2. The molecule has 0 bridgehead atoms. The lowest BCUT2D eigenvalue weighted by Crippen LogP contribution is -2.39. The quantitative estimate of drug-likeness (QED) is 0.547. The van der Waals surface area contributed by atoms with E-state index in [9.17, 15) is 5.11 Å². The minimum absolute atomic E-state index is 0.393. The minimum Gasteiger partial charge on any atom is -0.389 e. The van der Waals surface area contributed by atoms with Gasteiger partial charge in [0.1, 0.15) is 0 Å². The van der Waals surface area contributed by atoms with E-state index in [0.717, 1.165) is 44.7 Å². The molecule has 3 heteroatoms. The molecule has 1 saturated carbocycles. The molecule has 0 unspecified atom stereocenters. The van der Waals surface area contributed by atoms with Gasteiger partial charge >= 0.3 is 0 Å². The van der Waals surface area contributed by atoms with Crippen molar-refractivity contribution in [3.63, 3.8) is 0 Å². The SMILES string of the molecule is CN(CCCCCl)CC1(O)CCCC1. The lowest BCUT2D eigenvalue weighted by Gasteiger charge is -2.28. The van der Waals surface area contributed by atoms with Crippen LogP contribution >= 0.6 is 11.6 Å². The van der Waals surface area contributed by atoms with Crippen molar-refractivity contribution in [3.8, 4) is 0 Å². The van der Waals surface area contributed by atoms with E-state index in [4.69, 9.17) is 11.6 Å². The Bertz CT molecular complexity index is 157. The molecule has 0 aromatic heterocycles. The lowest BCUT2D eigenvalue weighted by molar-refractivity contribution is 0.0162. The molecular formula is C11H22ClNO. The maximum Gasteiger partial charge on any atom is 0.0774 e. The van der Waals surface area contributed by atoms with E-state index in [1.807, 2.05) is 0 Å². The van der Waals surface area contributed by atoms with Crippen LogP contribution in [-0.2, 0) is 0 Å². The van der Waals surface area contributed by atoms with Gasteiger partial charge in [0.2, 0.25) is 0 Å². The zero-order chi connectivity index (χ0) is 10.4. The maximum absolute atomic E-state index is 10.2. The molecule has 0 aromatic carbocycles. The highest BCUT2D eigenvalue weighted by molar-refractivity contribution is 6.17. The smallest absolute Gasteiger partial charge is 0.0774 e. The monoisotopic (exact) mass is 219 g/mol. The van der Waals surface area contributed by atoms with Crippen molar-refractivity contribution in [1.82, 2.24) is 4.90 Å². The van der Waals surface area contributed by atoms with E-state index < -0.39 is 5.60 Å². The van der Waals surface area contributed by atoms with Gasteiger partial charge in [-0.1, -0.05) is 12.8 Å². The molecule has 2 nitrogen and oxygen atoms in total. The Labute approximate surface area is 92.2 Å². The van der Waals surface area contributed by atoms with Crippen LogP contribution in [0.2, 0.25) is 0 Å². The molecule has 1 aliphatic carbocycles. The lowest BCUT2D eigenvalue weighted by atomic mass is 10.0. The molecule has 1 aliphatic rings. The minimum atomic E-state index is -0.393. The number of hydrogen-bond donors (Lipinski definition) is 1. The fourth-order valence-electron chi connectivity index (χ4n) is 2.25. The fraction of sp³-hybridized carbons (Fsp3) is 1.00. The molecule has 1 N–H and O–H groups in total. The summed E-state index contributed by atoms with van der Waals surface area (Å²) in [6.45, 7) is 1.88. The van der Waals surface area contributed by atoms with Crippen LogP contribution in [0.15, 0.2) is 0 Å². The summed E-state index contributed by atoms with van der Waals surface area (Å²) in [4.78, 5) is 2.23. The summed E-state index contributed by atoms with van der Waals surface area (Å²) in [6, 6.07) is 0. The van der Waals surface area contributed by atoms with Gasteiger partial charge in [-0.15, -0.1) is 11.6 Å². The predicted octanol–water partition coefficient (Wildman–Crippen LogP) is 2.24. The summed E-state index contributed by atoms with van der Waals surface area (Å²) < 4.78 is 0. The first-order valence-corrected chi connectivity index (χ1v) is 6.17. The fourth-order valence-corrected chi connectivity index (χ4v) is 2.44. The van der Waals surface area contributed by atoms with Gasteiger partial charge in [-0.2, -0.15) is 0 Å². The first-order valence-electron chi connectivity index (χ1n) is 5.63. The topological polar surface area (TPSA) is 23.5 Å². The van der Waals surface area contributed by atoms with E-state index in [-0.39, 0.29) is 0 Å². The summed E-state index contributed by atoms with van der Waals surface area (Å²) in [5, 5.41) is 10.2. The zero-order valence-corrected chi connectivity index (χ0v) is 9.89.